The van der Waals surface area contributed by atoms with E-state index < -0.39 is 0 Å². The lowest BCUT2D eigenvalue weighted by molar-refractivity contribution is -0.146. The SMILES string of the molecule is CCC(C)C1NC(=O)CN(CC2(SC)CCCC2)C1=O. The van der Waals surface area contributed by atoms with Gasteiger partial charge in [0.2, 0.25) is 11.8 Å². The van der Waals surface area contributed by atoms with E-state index in [9.17, 15) is 9.59 Å². The first-order chi connectivity index (χ1) is 9.51. The predicted octanol–water partition coefficient (Wildman–Crippen LogP) is 2.04. The molecular formula is C15H26N2O2S. The molecule has 0 aromatic heterocycles. The molecule has 0 bridgehead atoms. The monoisotopic (exact) mass is 298 g/mol. The lowest BCUT2D eigenvalue weighted by atomic mass is 9.95. The smallest absolute Gasteiger partial charge is 0.245 e. The van der Waals surface area contributed by atoms with E-state index in [0.29, 0.717) is 0 Å². The maximum atomic E-state index is 12.6. The Bertz CT molecular complexity index is 380. The Kier molecular flexibility index (Phi) is 4.99. The van der Waals surface area contributed by atoms with Crippen molar-refractivity contribution in [2.75, 3.05) is 19.3 Å². The topological polar surface area (TPSA) is 49.4 Å². The summed E-state index contributed by atoms with van der Waals surface area (Å²) in [7, 11) is 0. The molecule has 0 aromatic carbocycles. The molecular weight excluding hydrogens is 272 g/mol. The quantitative estimate of drug-likeness (QED) is 0.845. The highest BCUT2D eigenvalue weighted by Gasteiger charge is 2.41. The van der Waals surface area contributed by atoms with Crippen molar-refractivity contribution in [2.24, 2.45) is 5.92 Å². The molecule has 114 valence electrons. The van der Waals surface area contributed by atoms with E-state index in [1.807, 2.05) is 18.7 Å². The third kappa shape index (κ3) is 3.13. The minimum atomic E-state index is -0.332. The van der Waals surface area contributed by atoms with Gasteiger partial charge < -0.3 is 10.2 Å². The Labute approximate surface area is 126 Å². The van der Waals surface area contributed by atoms with Crippen LogP contribution in [0, 0.1) is 5.92 Å². The van der Waals surface area contributed by atoms with Gasteiger partial charge in [-0.3, -0.25) is 9.59 Å². The van der Waals surface area contributed by atoms with Crippen LogP contribution in [0.3, 0.4) is 0 Å². The minimum Gasteiger partial charge on any atom is -0.342 e. The van der Waals surface area contributed by atoms with Gasteiger partial charge in [0, 0.05) is 11.3 Å². The van der Waals surface area contributed by atoms with Gasteiger partial charge in [-0.2, -0.15) is 11.8 Å². The number of nitrogens with zero attached hydrogens (tertiary/aromatic N) is 1. The lowest BCUT2D eigenvalue weighted by Crippen LogP contribution is -2.62. The fraction of sp³-hybridized carbons (Fsp3) is 0.867. The van der Waals surface area contributed by atoms with Crippen molar-refractivity contribution in [3.05, 3.63) is 0 Å². The third-order valence-electron chi connectivity index (χ3n) is 4.87. The van der Waals surface area contributed by atoms with Crippen LogP contribution in [0.1, 0.15) is 46.0 Å². The second-order valence-corrected chi connectivity index (χ2v) is 7.49. The van der Waals surface area contributed by atoms with E-state index in [0.717, 1.165) is 25.8 Å². The molecule has 2 unspecified atom stereocenters. The highest BCUT2D eigenvalue weighted by molar-refractivity contribution is 8.00. The second kappa shape index (κ2) is 6.37. The highest BCUT2D eigenvalue weighted by atomic mass is 32.2. The molecule has 1 aliphatic heterocycles. The van der Waals surface area contributed by atoms with Gasteiger partial charge >= 0.3 is 0 Å². The third-order valence-corrected chi connectivity index (χ3v) is 6.27. The summed E-state index contributed by atoms with van der Waals surface area (Å²) in [5.41, 5.74) is 0. The largest absolute Gasteiger partial charge is 0.342 e. The molecule has 2 rings (SSSR count). The zero-order chi connectivity index (χ0) is 14.8. The van der Waals surface area contributed by atoms with Crippen LogP contribution in [-0.4, -0.2) is 46.8 Å². The van der Waals surface area contributed by atoms with Gasteiger partial charge in [-0.15, -0.1) is 0 Å². The molecule has 2 amide bonds. The second-order valence-electron chi connectivity index (χ2n) is 6.22. The van der Waals surface area contributed by atoms with E-state index in [-0.39, 0.29) is 35.1 Å². The number of hydrogen-bond donors (Lipinski definition) is 1. The fourth-order valence-corrected chi connectivity index (χ4v) is 4.26. The maximum absolute atomic E-state index is 12.6. The molecule has 2 atom stereocenters. The van der Waals surface area contributed by atoms with Crippen molar-refractivity contribution in [2.45, 2.75) is 56.7 Å². The van der Waals surface area contributed by atoms with Gasteiger partial charge in [0.1, 0.15) is 6.04 Å². The van der Waals surface area contributed by atoms with Gasteiger partial charge in [-0.1, -0.05) is 33.1 Å². The molecule has 20 heavy (non-hydrogen) atoms. The van der Waals surface area contributed by atoms with Crippen molar-refractivity contribution in [1.29, 1.82) is 0 Å². The molecule has 1 heterocycles. The van der Waals surface area contributed by atoms with Crippen LogP contribution in [-0.2, 0) is 9.59 Å². The summed E-state index contributed by atoms with van der Waals surface area (Å²) in [4.78, 5) is 26.3. The molecule has 1 saturated heterocycles. The van der Waals surface area contributed by atoms with Crippen molar-refractivity contribution in [3.63, 3.8) is 0 Å². The molecule has 1 N–H and O–H groups in total. The van der Waals surface area contributed by atoms with Crippen molar-refractivity contribution in [3.8, 4) is 0 Å². The lowest BCUT2D eigenvalue weighted by Gasteiger charge is -2.40. The standard InChI is InChI=1S/C15H26N2O2S/c1-4-11(2)13-14(19)17(9-12(18)16-13)10-15(20-3)7-5-6-8-15/h11,13H,4-10H2,1-3H3,(H,16,18). The number of nitrogens with one attached hydrogen (secondary N) is 1. The van der Waals surface area contributed by atoms with E-state index in [4.69, 9.17) is 0 Å². The number of hydrogen-bond acceptors (Lipinski definition) is 3. The average Bonchev–Trinajstić information content (AvgIpc) is 2.90. The van der Waals surface area contributed by atoms with E-state index >= 15 is 0 Å². The average molecular weight is 298 g/mol. The zero-order valence-electron chi connectivity index (χ0n) is 12.8. The summed E-state index contributed by atoms with van der Waals surface area (Å²) in [5, 5.41) is 2.87. The van der Waals surface area contributed by atoms with E-state index in [2.05, 4.69) is 18.5 Å². The Hall–Kier alpha value is -0.710. The van der Waals surface area contributed by atoms with E-state index in [1.165, 1.54) is 12.8 Å². The molecule has 2 fully saturated rings. The van der Waals surface area contributed by atoms with Crippen molar-refractivity contribution >= 4 is 23.6 Å². The van der Waals surface area contributed by atoms with Crippen molar-refractivity contribution in [1.82, 2.24) is 10.2 Å². The van der Waals surface area contributed by atoms with Crippen LogP contribution in [0.5, 0.6) is 0 Å². The molecule has 5 heteroatoms. The molecule has 1 saturated carbocycles. The minimum absolute atomic E-state index is 0.0100. The number of carbonyl (C=O) groups excluding carboxylic acids is 2. The van der Waals surface area contributed by atoms with Crippen molar-refractivity contribution < 1.29 is 9.59 Å². The normalized spacial score (nSPS) is 27.6. The van der Waals surface area contributed by atoms with Gasteiger partial charge in [0.15, 0.2) is 0 Å². The first-order valence-electron chi connectivity index (χ1n) is 7.64. The number of rotatable bonds is 5. The molecule has 0 spiro atoms. The predicted molar refractivity (Wildman–Crippen MR) is 82.7 cm³/mol. The van der Waals surface area contributed by atoms with Crippen LogP contribution < -0.4 is 5.32 Å². The van der Waals surface area contributed by atoms with Gasteiger partial charge in [0.05, 0.1) is 6.54 Å². The van der Waals surface area contributed by atoms with Gasteiger partial charge in [-0.05, 0) is 25.0 Å². The number of thioether (sulfide) groups is 1. The summed E-state index contributed by atoms with van der Waals surface area (Å²) in [5.74, 6) is 0.298. The van der Waals surface area contributed by atoms with Crippen LogP contribution in [0.25, 0.3) is 0 Å². The maximum Gasteiger partial charge on any atom is 0.245 e. The summed E-state index contributed by atoms with van der Waals surface area (Å²) in [6.45, 7) is 5.05. The first-order valence-corrected chi connectivity index (χ1v) is 8.87. The number of carbonyl (C=O) groups is 2. The summed E-state index contributed by atoms with van der Waals surface area (Å²) in [6, 6.07) is -0.332. The zero-order valence-corrected chi connectivity index (χ0v) is 13.6. The molecule has 4 nitrogen and oxygen atoms in total. The molecule has 2 aliphatic rings. The Morgan fingerprint density at radius 1 is 1.40 bits per heavy atom. The summed E-state index contributed by atoms with van der Waals surface area (Å²) < 4.78 is 0.174. The van der Waals surface area contributed by atoms with Crippen LogP contribution in [0.15, 0.2) is 0 Å². The Morgan fingerprint density at radius 3 is 2.60 bits per heavy atom. The summed E-state index contributed by atoms with van der Waals surface area (Å²) in [6.07, 6.45) is 7.83. The molecule has 0 radical (unpaired) electrons. The molecule has 0 aromatic rings. The Balaban J connectivity index is 2.10. The highest BCUT2D eigenvalue weighted by Crippen LogP contribution is 2.41. The molecule has 1 aliphatic carbocycles. The van der Waals surface area contributed by atoms with Gasteiger partial charge in [-0.25, -0.2) is 0 Å². The first kappa shape index (κ1) is 15.7. The summed E-state index contributed by atoms with van der Waals surface area (Å²) >= 11 is 1.87. The fourth-order valence-electron chi connectivity index (χ4n) is 3.28. The van der Waals surface area contributed by atoms with Crippen LogP contribution in [0.2, 0.25) is 0 Å². The number of piperazine rings is 1. The number of amides is 2. The van der Waals surface area contributed by atoms with Crippen LogP contribution >= 0.6 is 11.8 Å². The van der Waals surface area contributed by atoms with Crippen LogP contribution in [0.4, 0.5) is 0 Å². The van der Waals surface area contributed by atoms with Gasteiger partial charge in [0.25, 0.3) is 0 Å². The van der Waals surface area contributed by atoms with E-state index in [1.54, 1.807) is 4.90 Å². The Morgan fingerprint density at radius 2 is 2.05 bits per heavy atom.